The van der Waals surface area contributed by atoms with E-state index in [4.69, 9.17) is 0 Å². The molecular formula is C11H18O5S. The average Bonchev–Trinajstić information content (AvgIpc) is 2.68. The minimum absolute atomic E-state index is 0.0298. The molecule has 1 spiro atoms. The summed E-state index contributed by atoms with van der Waals surface area (Å²) in [5.41, 5.74) is -0.883. The highest BCUT2D eigenvalue weighted by molar-refractivity contribution is 7.73. The Morgan fingerprint density at radius 2 is 2.00 bits per heavy atom. The van der Waals surface area contributed by atoms with E-state index in [0.29, 0.717) is 12.8 Å². The second-order valence-corrected chi connectivity index (χ2v) is 7.52. The summed E-state index contributed by atoms with van der Waals surface area (Å²) < 4.78 is 22.3. The maximum Gasteiger partial charge on any atom is 0.169 e. The van der Waals surface area contributed by atoms with Gasteiger partial charge in [0.25, 0.3) is 0 Å². The fourth-order valence-electron chi connectivity index (χ4n) is 4.80. The van der Waals surface area contributed by atoms with Crippen molar-refractivity contribution in [3.63, 3.8) is 0 Å². The largest absolute Gasteiger partial charge is 0.396 e. The molecule has 0 heterocycles. The highest BCUT2D eigenvalue weighted by atomic mass is 32.2. The van der Waals surface area contributed by atoms with Crippen LogP contribution in [-0.4, -0.2) is 41.4 Å². The number of aliphatic hydroxyl groups is 3. The molecule has 3 saturated carbocycles. The van der Waals surface area contributed by atoms with Gasteiger partial charge < -0.3 is 15.3 Å². The fourth-order valence-corrected chi connectivity index (χ4v) is 5.82. The highest BCUT2D eigenvalue weighted by Crippen LogP contribution is 2.77. The van der Waals surface area contributed by atoms with E-state index in [0.717, 1.165) is 0 Å². The molecule has 0 aromatic heterocycles. The molecule has 6 heteroatoms. The van der Waals surface area contributed by atoms with Gasteiger partial charge in [-0.3, -0.25) is 0 Å². The topological polar surface area (TPSA) is 94.8 Å². The van der Waals surface area contributed by atoms with Gasteiger partial charge in [0.05, 0.1) is 6.10 Å². The lowest BCUT2D eigenvalue weighted by atomic mass is 9.54. The van der Waals surface area contributed by atoms with E-state index in [1.54, 1.807) is 0 Å². The number of hydrogen-bond donors (Lipinski definition) is 4. The molecule has 3 rings (SSSR count). The van der Waals surface area contributed by atoms with Crippen LogP contribution in [0.3, 0.4) is 0 Å². The molecule has 0 saturated heterocycles. The van der Waals surface area contributed by atoms with E-state index >= 15 is 0 Å². The Morgan fingerprint density at radius 3 is 2.53 bits per heavy atom. The molecule has 0 aromatic rings. The van der Waals surface area contributed by atoms with Crippen molar-refractivity contribution in [1.29, 1.82) is 0 Å². The number of fused-ring (bicyclic) bond motifs is 1. The van der Waals surface area contributed by atoms with E-state index in [1.165, 1.54) is 0 Å². The lowest BCUT2D eigenvalue weighted by molar-refractivity contribution is -0.188. The van der Waals surface area contributed by atoms with Crippen molar-refractivity contribution in [2.75, 3.05) is 6.61 Å². The van der Waals surface area contributed by atoms with Gasteiger partial charge in [0, 0.05) is 17.9 Å². The Labute approximate surface area is 101 Å². The predicted octanol–water partition coefficient (Wildman–Crippen LogP) is -0.924. The van der Waals surface area contributed by atoms with E-state index in [-0.39, 0.29) is 18.9 Å². The van der Waals surface area contributed by atoms with Crippen LogP contribution in [0, 0.1) is 22.7 Å². The van der Waals surface area contributed by atoms with E-state index < -0.39 is 38.5 Å². The van der Waals surface area contributed by atoms with Gasteiger partial charge in [-0.1, -0.05) is 6.92 Å². The number of aliphatic hydroxyl groups excluding tert-OH is 2. The standard InChI is InChI=1S/C11H18O5S/c1-6-8(13)10-3-9(6,5-12)2-7(10)11(14,4-10)17(15)16/h6-8,12-14,17H,2-5H2,1H3. The summed E-state index contributed by atoms with van der Waals surface area (Å²) in [5.74, 6) is -0.438. The summed E-state index contributed by atoms with van der Waals surface area (Å²) in [6.07, 6.45) is 0.649. The number of hydrogen-bond acceptors (Lipinski definition) is 5. The molecule has 0 radical (unpaired) electrons. The van der Waals surface area contributed by atoms with Crippen LogP contribution in [0.4, 0.5) is 0 Å². The van der Waals surface area contributed by atoms with Gasteiger partial charge >= 0.3 is 0 Å². The van der Waals surface area contributed by atoms with E-state index in [1.807, 2.05) is 6.92 Å². The SMILES string of the molecule is CC1C(O)C23CC1(CO)CC2C(O)([SH](=O)=O)C3. The quantitative estimate of drug-likeness (QED) is 0.483. The van der Waals surface area contributed by atoms with Crippen LogP contribution in [0.1, 0.15) is 26.2 Å². The first kappa shape index (κ1) is 11.9. The smallest absolute Gasteiger partial charge is 0.169 e. The third-order valence-corrected chi connectivity index (χ3v) is 6.89. The van der Waals surface area contributed by atoms with Crippen molar-refractivity contribution in [2.45, 2.75) is 37.2 Å². The Morgan fingerprint density at radius 1 is 1.35 bits per heavy atom. The molecule has 3 N–H and O–H groups in total. The van der Waals surface area contributed by atoms with Crippen LogP contribution in [0.2, 0.25) is 0 Å². The van der Waals surface area contributed by atoms with Crippen LogP contribution >= 0.6 is 0 Å². The molecular weight excluding hydrogens is 244 g/mol. The van der Waals surface area contributed by atoms with Crippen LogP contribution in [0.5, 0.6) is 0 Å². The molecule has 3 fully saturated rings. The van der Waals surface area contributed by atoms with Crippen LogP contribution in [0.25, 0.3) is 0 Å². The van der Waals surface area contributed by atoms with Crippen molar-refractivity contribution in [3.8, 4) is 0 Å². The summed E-state index contributed by atoms with van der Waals surface area (Å²) in [7, 11) is -2.90. The summed E-state index contributed by atoms with van der Waals surface area (Å²) in [5, 5.41) is 29.9. The van der Waals surface area contributed by atoms with E-state index in [2.05, 4.69) is 0 Å². The second-order valence-electron chi connectivity index (χ2n) is 6.23. The second kappa shape index (κ2) is 3.04. The van der Waals surface area contributed by atoms with Crippen molar-refractivity contribution in [3.05, 3.63) is 0 Å². The number of rotatable bonds is 2. The Hall–Kier alpha value is -0.170. The van der Waals surface area contributed by atoms with Gasteiger partial charge in [-0.25, -0.2) is 8.42 Å². The molecule has 2 bridgehead atoms. The maximum absolute atomic E-state index is 11.1. The molecule has 3 aliphatic carbocycles. The van der Waals surface area contributed by atoms with Crippen molar-refractivity contribution >= 4 is 10.7 Å². The fraction of sp³-hybridized carbons (Fsp3) is 1.00. The van der Waals surface area contributed by atoms with Gasteiger partial charge in [0.1, 0.15) is 0 Å². The summed E-state index contributed by atoms with van der Waals surface area (Å²) >= 11 is 0. The van der Waals surface area contributed by atoms with Gasteiger partial charge in [0.15, 0.2) is 15.6 Å². The summed E-state index contributed by atoms with van der Waals surface area (Å²) in [6, 6.07) is 0. The molecule has 98 valence electrons. The predicted molar refractivity (Wildman–Crippen MR) is 59.7 cm³/mol. The normalized spacial score (nSPS) is 60.4. The monoisotopic (exact) mass is 262 g/mol. The van der Waals surface area contributed by atoms with Crippen LogP contribution in [0.15, 0.2) is 0 Å². The first-order chi connectivity index (χ1) is 7.82. The van der Waals surface area contributed by atoms with Crippen LogP contribution < -0.4 is 0 Å². The molecule has 0 aromatic carbocycles. The van der Waals surface area contributed by atoms with Crippen molar-refractivity contribution in [2.24, 2.45) is 22.7 Å². The lowest BCUT2D eigenvalue weighted by Gasteiger charge is -2.58. The zero-order chi connectivity index (χ0) is 12.6. The highest BCUT2D eigenvalue weighted by Gasteiger charge is 2.79. The maximum atomic E-state index is 11.1. The van der Waals surface area contributed by atoms with Gasteiger partial charge in [0.2, 0.25) is 0 Å². The lowest BCUT2D eigenvalue weighted by Crippen LogP contribution is -2.65. The first-order valence-electron chi connectivity index (χ1n) is 5.98. The Kier molecular flexibility index (Phi) is 2.13. The zero-order valence-corrected chi connectivity index (χ0v) is 10.6. The Balaban J connectivity index is 2.02. The van der Waals surface area contributed by atoms with Crippen molar-refractivity contribution in [1.82, 2.24) is 0 Å². The van der Waals surface area contributed by atoms with Gasteiger partial charge in [-0.2, -0.15) is 0 Å². The van der Waals surface area contributed by atoms with Crippen LogP contribution in [-0.2, 0) is 10.7 Å². The molecule has 3 aliphatic rings. The summed E-state index contributed by atoms with van der Waals surface area (Å²) in [6.45, 7) is 1.86. The summed E-state index contributed by atoms with van der Waals surface area (Å²) in [4.78, 5) is -1.66. The Bertz CT molecular complexity index is 441. The molecule has 5 nitrogen and oxygen atoms in total. The first-order valence-corrected chi connectivity index (χ1v) is 7.16. The molecule has 6 unspecified atom stereocenters. The molecule has 6 atom stereocenters. The van der Waals surface area contributed by atoms with Gasteiger partial charge in [-0.05, 0) is 30.6 Å². The minimum Gasteiger partial charge on any atom is -0.396 e. The third-order valence-electron chi connectivity index (χ3n) is 5.79. The van der Waals surface area contributed by atoms with Gasteiger partial charge in [-0.15, -0.1) is 0 Å². The van der Waals surface area contributed by atoms with E-state index in [9.17, 15) is 23.7 Å². The molecule has 17 heavy (non-hydrogen) atoms. The average molecular weight is 262 g/mol. The zero-order valence-electron chi connectivity index (χ0n) is 9.67. The number of thiol groups is 1. The minimum atomic E-state index is -2.90. The molecule has 0 amide bonds. The van der Waals surface area contributed by atoms with Crippen molar-refractivity contribution < 1.29 is 23.7 Å². The third kappa shape index (κ3) is 1.04. The molecule has 0 aliphatic heterocycles.